The fourth-order valence-corrected chi connectivity index (χ4v) is 2.69. The fourth-order valence-electron chi connectivity index (χ4n) is 2.53. The number of halogens is 1. The van der Waals surface area contributed by atoms with E-state index in [0.29, 0.717) is 16.5 Å². The second-order valence-electron chi connectivity index (χ2n) is 6.38. The summed E-state index contributed by atoms with van der Waals surface area (Å²) in [5, 5.41) is 4.64. The summed E-state index contributed by atoms with van der Waals surface area (Å²) in [7, 11) is 0. The van der Waals surface area contributed by atoms with Crippen LogP contribution in [0.25, 0.3) is 5.69 Å². The van der Waals surface area contributed by atoms with E-state index in [9.17, 15) is 4.79 Å². The number of nitrogens with zero attached hydrogens (tertiary/aromatic N) is 3. The van der Waals surface area contributed by atoms with Crippen LogP contribution in [0, 0.1) is 6.92 Å². The quantitative estimate of drug-likeness (QED) is 0.503. The van der Waals surface area contributed by atoms with E-state index in [1.807, 2.05) is 54.9 Å². The van der Waals surface area contributed by atoms with Gasteiger partial charge in [0, 0.05) is 18.1 Å². The van der Waals surface area contributed by atoms with Crippen molar-refractivity contribution in [1.29, 1.82) is 0 Å². The summed E-state index contributed by atoms with van der Waals surface area (Å²) in [5.41, 5.74) is 6.13. The van der Waals surface area contributed by atoms with Gasteiger partial charge in [-0.05, 0) is 56.2 Å². The zero-order valence-electron chi connectivity index (χ0n) is 15.9. The molecule has 0 radical (unpaired) electrons. The van der Waals surface area contributed by atoms with Gasteiger partial charge in [-0.3, -0.25) is 4.79 Å². The van der Waals surface area contributed by atoms with Crippen LogP contribution in [0.1, 0.15) is 25.0 Å². The maximum atomic E-state index is 12.3. The molecule has 28 heavy (non-hydrogen) atoms. The molecule has 0 saturated heterocycles. The van der Waals surface area contributed by atoms with Gasteiger partial charge in [-0.2, -0.15) is 5.10 Å². The highest BCUT2D eigenvalue weighted by Gasteiger charge is 2.16. The summed E-state index contributed by atoms with van der Waals surface area (Å²) in [6.45, 7) is 5.41. The number of carbonyl (C=O) groups excluding carboxylic acids is 1. The highest BCUT2D eigenvalue weighted by Crippen LogP contribution is 2.26. The van der Waals surface area contributed by atoms with E-state index in [1.54, 1.807) is 31.6 Å². The summed E-state index contributed by atoms with van der Waals surface area (Å²) >= 11 is 6.11. The molecular formula is C21H21ClN4O2. The molecule has 0 aliphatic carbocycles. The van der Waals surface area contributed by atoms with Crippen molar-refractivity contribution in [3.8, 4) is 11.4 Å². The Hall–Kier alpha value is -3.12. The van der Waals surface area contributed by atoms with Gasteiger partial charge in [0.2, 0.25) is 0 Å². The molecule has 0 bridgehead atoms. The summed E-state index contributed by atoms with van der Waals surface area (Å²) < 4.78 is 7.57. The number of amides is 1. The van der Waals surface area contributed by atoms with Gasteiger partial charge >= 0.3 is 0 Å². The summed E-state index contributed by atoms with van der Waals surface area (Å²) in [6.07, 6.45) is 4.60. The third-order valence-corrected chi connectivity index (χ3v) is 4.49. The number of hydrazone groups is 1. The molecule has 2 aromatic carbocycles. The van der Waals surface area contributed by atoms with Gasteiger partial charge in [-0.25, -0.2) is 10.4 Å². The van der Waals surface area contributed by atoms with Gasteiger partial charge in [-0.15, -0.1) is 0 Å². The first kappa shape index (κ1) is 19.6. The number of nitrogens with one attached hydrogen (secondary N) is 1. The van der Waals surface area contributed by atoms with Gasteiger partial charge in [0.25, 0.3) is 5.91 Å². The van der Waals surface area contributed by atoms with Crippen molar-refractivity contribution in [1.82, 2.24) is 15.0 Å². The number of benzene rings is 2. The van der Waals surface area contributed by atoms with Crippen LogP contribution < -0.4 is 10.2 Å². The molecule has 3 rings (SSSR count). The van der Waals surface area contributed by atoms with Crippen LogP contribution in [0.3, 0.4) is 0 Å². The first-order valence-corrected chi connectivity index (χ1v) is 9.17. The number of hydrogen-bond acceptors (Lipinski definition) is 4. The Morgan fingerprint density at radius 3 is 2.68 bits per heavy atom. The molecule has 1 unspecified atom stereocenters. The largest absolute Gasteiger partial charge is 0.479 e. The molecule has 144 valence electrons. The molecule has 1 atom stereocenters. The summed E-state index contributed by atoms with van der Waals surface area (Å²) in [6, 6.07) is 13.2. The highest BCUT2D eigenvalue weighted by atomic mass is 35.5. The summed E-state index contributed by atoms with van der Waals surface area (Å²) in [5.74, 6) is 0.118. The average Bonchev–Trinajstić information content (AvgIpc) is 3.23. The average molecular weight is 397 g/mol. The van der Waals surface area contributed by atoms with Gasteiger partial charge in [0.1, 0.15) is 5.75 Å². The van der Waals surface area contributed by atoms with Crippen LogP contribution in [0.5, 0.6) is 5.75 Å². The third kappa shape index (κ3) is 4.78. The minimum Gasteiger partial charge on any atom is -0.479 e. The van der Waals surface area contributed by atoms with E-state index in [2.05, 4.69) is 15.5 Å². The fraction of sp³-hybridized carbons (Fsp3) is 0.190. The smallest absolute Gasteiger partial charge is 0.280 e. The molecule has 0 saturated carbocycles. The van der Waals surface area contributed by atoms with Crippen molar-refractivity contribution in [2.45, 2.75) is 26.9 Å². The molecule has 0 aliphatic heterocycles. The van der Waals surface area contributed by atoms with Gasteiger partial charge in [0.05, 0.1) is 17.1 Å². The molecule has 7 heteroatoms. The first-order chi connectivity index (χ1) is 13.4. The number of rotatable bonds is 6. The second kappa shape index (κ2) is 8.71. The number of imidazole rings is 1. The predicted octanol–water partition coefficient (Wildman–Crippen LogP) is 4.14. The van der Waals surface area contributed by atoms with Crippen LogP contribution in [0.15, 0.2) is 66.3 Å². The molecule has 6 nitrogen and oxygen atoms in total. The molecule has 0 aliphatic rings. The zero-order chi connectivity index (χ0) is 20.1. The lowest BCUT2D eigenvalue weighted by molar-refractivity contribution is -0.127. The molecule has 0 fully saturated rings. The topological polar surface area (TPSA) is 68.5 Å². The van der Waals surface area contributed by atoms with E-state index in [-0.39, 0.29) is 5.91 Å². The van der Waals surface area contributed by atoms with Crippen molar-refractivity contribution in [3.63, 3.8) is 0 Å². The third-order valence-electron chi connectivity index (χ3n) is 4.18. The Bertz CT molecular complexity index is 982. The van der Waals surface area contributed by atoms with Gasteiger partial charge < -0.3 is 9.30 Å². The van der Waals surface area contributed by atoms with E-state index in [4.69, 9.17) is 16.3 Å². The van der Waals surface area contributed by atoms with Crippen LogP contribution in [0.4, 0.5) is 0 Å². The number of hydrogen-bond donors (Lipinski definition) is 1. The maximum Gasteiger partial charge on any atom is 0.280 e. The number of carbonyl (C=O) groups is 1. The normalized spacial score (nSPS) is 12.5. The summed E-state index contributed by atoms with van der Waals surface area (Å²) in [4.78, 5) is 16.3. The predicted molar refractivity (Wildman–Crippen MR) is 110 cm³/mol. The van der Waals surface area contributed by atoms with Gasteiger partial charge in [0.15, 0.2) is 6.10 Å². The lowest BCUT2D eigenvalue weighted by atomic mass is 10.1. The molecular weight excluding hydrogens is 376 g/mol. The number of aromatic nitrogens is 2. The van der Waals surface area contributed by atoms with Crippen molar-refractivity contribution in [3.05, 3.63) is 77.3 Å². The van der Waals surface area contributed by atoms with E-state index in [1.165, 1.54) is 0 Å². The molecule has 1 N–H and O–H groups in total. The number of ether oxygens (including phenoxy) is 1. The Kier molecular flexibility index (Phi) is 6.11. The first-order valence-electron chi connectivity index (χ1n) is 8.80. The van der Waals surface area contributed by atoms with Gasteiger partial charge in [-0.1, -0.05) is 29.8 Å². The van der Waals surface area contributed by atoms with Crippen molar-refractivity contribution >= 4 is 23.2 Å². The maximum absolute atomic E-state index is 12.3. The molecule has 0 spiro atoms. The lowest BCUT2D eigenvalue weighted by Crippen LogP contribution is -2.34. The molecule has 3 aromatic rings. The van der Waals surface area contributed by atoms with E-state index >= 15 is 0 Å². The van der Waals surface area contributed by atoms with Crippen molar-refractivity contribution < 1.29 is 9.53 Å². The standard InChI is InChI=1S/C21H21ClN4O2/c1-14-4-9-19(22)20(12-14)28-16(3)21(27)25-24-15(2)17-5-7-18(8-6-17)26-11-10-23-13-26/h4-13,16H,1-3H3,(H,25,27). The van der Waals surface area contributed by atoms with Crippen LogP contribution >= 0.6 is 11.6 Å². The monoisotopic (exact) mass is 396 g/mol. The minimum atomic E-state index is -0.737. The van der Waals surface area contributed by atoms with Crippen molar-refractivity contribution in [2.75, 3.05) is 0 Å². The van der Waals surface area contributed by atoms with Crippen LogP contribution in [-0.4, -0.2) is 27.3 Å². The minimum absolute atomic E-state index is 0.355. The number of aryl methyl sites for hydroxylation is 1. The highest BCUT2D eigenvalue weighted by molar-refractivity contribution is 6.32. The molecule has 1 aromatic heterocycles. The Balaban J connectivity index is 1.62. The SMILES string of the molecule is CC(=NNC(=O)C(C)Oc1cc(C)ccc1Cl)c1ccc(-n2ccnc2)cc1. The van der Waals surface area contributed by atoms with E-state index < -0.39 is 6.10 Å². The Labute approximate surface area is 168 Å². The van der Waals surface area contributed by atoms with E-state index in [0.717, 1.165) is 16.8 Å². The molecule has 1 amide bonds. The zero-order valence-corrected chi connectivity index (χ0v) is 16.6. The van der Waals surface area contributed by atoms with Crippen LogP contribution in [-0.2, 0) is 4.79 Å². The van der Waals surface area contributed by atoms with Crippen LogP contribution in [0.2, 0.25) is 5.02 Å². The lowest BCUT2D eigenvalue weighted by Gasteiger charge is -2.15. The second-order valence-corrected chi connectivity index (χ2v) is 6.79. The molecule has 1 heterocycles. The van der Waals surface area contributed by atoms with Crippen molar-refractivity contribution in [2.24, 2.45) is 5.10 Å². The Morgan fingerprint density at radius 2 is 2.00 bits per heavy atom. The Morgan fingerprint density at radius 1 is 1.25 bits per heavy atom.